The van der Waals surface area contributed by atoms with Crippen LogP contribution in [0.2, 0.25) is 0 Å². The largest absolute Gasteiger partial charge is 0.481 e. The van der Waals surface area contributed by atoms with Crippen LogP contribution in [0.3, 0.4) is 0 Å². The number of carbonyl (C=O) groups is 2. The summed E-state index contributed by atoms with van der Waals surface area (Å²) in [6.45, 7) is 0. The molecule has 1 aliphatic rings. The van der Waals surface area contributed by atoms with E-state index in [9.17, 15) is 9.59 Å². The molecular formula is C14H12N4O3S. The first kappa shape index (κ1) is 14.3. The Morgan fingerprint density at radius 2 is 2.27 bits per heavy atom. The van der Waals surface area contributed by atoms with Gasteiger partial charge in [0, 0.05) is 22.7 Å². The number of fused-ring (bicyclic) bond motifs is 1. The fraction of sp³-hybridized carbons (Fsp3) is 0.143. The Kier molecular flexibility index (Phi) is 3.92. The number of benzene rings is 1. The minimum Gasteiger partial charge on any atom is -0.481 e. The van der Waals surface area contributed by atoms with Gasteiger partial charge in [0.25, 0.3) is 0 Å². The molecule has 1 aliphatic heterocycles. The van der Waals surface area contributed by atoms with Crippen molar-refractivity contribution in [3.8, 4) is 0 Å². The maximum Gasteiger partial charge on any atom is 0.305 e. The second-order valence-electron chi connectivity index (χ2n) is 4.63. The third kappa shape index (κ3) is 3.01. The summed E-state index contributed by atoms with van der Waals surface area (Å²) in [5.74, 6) is -1.37. The summed E-state index contributed by atoms with van der Waals surface area (Å²) in [7, 11) is 0. The highest BCUT2D eigenvalue weighted by atomic mass is 32.2. The van der Waals surface area contributed by atoms with Crippen molar-refractivity contribution < 1.29 is 14.7 Å². The highest BCUT2D eigenvalue weighted by molar-refractivity contribution is 8.15. The van der Waals surface area contributed by atoms with Crippen LogP contribution in [0.1, 0.15) is 12.0 Å². The molecule has 3 rings (SSSR count). The average Bonchev–Trinajstić information content (AvgIpc) is 3.06. The summed E-state index contributed by atoms with van der Waals surface area (Å²) in [4.78, 5) is 25.3. The molecule has 2 aromatic rings. The van der Waals surface area contributed by atoms with E-state index in [-0.39, 0.29) is 12.3 Å². The van der Waals surface area contributed by atoms with Gasteiger partial charge in [0.05, 0.1) is 12.6 Å². The molecule has 7 nitrogen and oxygen atoms in total. The minimum absolute atomic E-state index is 0.234. The predicted molar refractivity (Wildman–Crippen MR) is 85.1 cm³/mol. The van der Waals surface area contributed by atoms with Gasteiger partial charge >= 0.3 is 5.97 Å². The molecule has 1 saturated heterocycles. The molecule has 0 bridgehead atoms. The zero-order valence-corrected chi connectivity index (χ0v) is 12.1. The Balaban J connectivity index is 1.73. The molecule has 22 heavy (non-hydrogen) atoms. The quantitative estimate of drug-likeness (QED) is 0.588. The lowest BCUT2D eigenvalue weighted by molar-refractivity contribution is -0.138. The van der Waals surface area contributed by atoms with Crippen molar-refractivity contribution in [2.24, 2.45) is 10.2 Å². The number of aromatic amines is 1. The SMILES string of the molecule is O=C(O)CC1SC(=NN=Cc2cccc3[nH]ccc23)NC1=O. The van der Waals surface area contributed by atoms with Gasteiger partial charge in [0.15, 0.2) is 5.17 Å². The van der Waals surface area contributed by atoms with Crippen LogP contribution in [0.5, 0.6) is 0 Å². The zero-order chi connectivity index (χ0) is 15.5. The molecule has 112 valence electrons. The maximum absolute atomic E-state index is 11.6. The number of carboxylic acid groups (broad SMARTS) is 1. The van der Waals surface area contributed by atoms with Gasteiger partial charge in [-0.2, -0.15) is 5.10 Å². The third-order valence-corrected chi connectivity index (χ3v) is 4.18. The summed E-state index contributed by atoms with van der Waals surface area (Å²) >= 11 is 1.08. The zero-order valence-electron chi connectivity index (χ0n) is 11.3. The first-order valence-corrected chi connectivity index (χ1v) is 7.38. The monoisotopic (exact) mass is 316 g/mol. The summed E-state index contributed by atoms with van der Waals surface area (Å²) in [6, 6.07) is 7.72. The highest BCUT2D eigenvalue weighted by Gasteiger charge is 2.32. The summed E-state index contributed by atoms with van der Waals surface area (Å²) in [6.07, 6.45) is 3.21. The van der Waals surface area contributed by atoms with E-state index < -0.39 is 11.2 Å². The van der Waals surface area contributed by atoms with Gasteiger partial charge in [-0.05, 0) is 12.1 Å². The number of aliphatic carboxylic acids is 1. The molecule has 0 radical (unpaired) electrons. The number of hydrogen-bond donors (Lipinski definition) is 3. The van der Waals surface area contributed by atoms with E-state index in [0.29, 0.717) is 5.17 Å². The van der Waals surface area contributed by atoms with E-state index in [1.807, 2.05) is 30.5 Å². The van der Waals surface area contributed by atoms with Gasteiger partial charge in [-0.3, -0.25) is 9.59 Å². The Hall–Kier alpha value is -2.61. The minimum atomic E-state index is -1.02. The first-order valence-electron chi connectivity index (χ1n) is 6.50. The third-order valence-electron chi connectivity index (χ3n) is 3.11. The Morgan fingerprint density at radius 3 is 3.09 bits per heavy atom. The lowest BCUT2D eigenvalue weighted by Crippen LogP contribution is -2.26. The summed E-state index contributed by atoms with van der Waals surface area (Å²) < 4.78 is 0. The van der Waals surface area contributed by atoms with E-state index in [1.54, 1.807) is 6.21 Å². The molecule has 1 fully saturated rings. The lowest BCUT2D eigenvalue weighted by atomic mass is 10.1. The van der Waals surface area contributed by atoms with Gasteiger partial charge in [0.2, 0.25) is 5.91 Å². The summed E-state index contributed by atoms with van der Waals surface area (Å²) in [5, 5.41) is 19.8. The number of carbonyl (C=O) groups excluding carboxylic acids is 1. The second kappa shape index (κ2) is 6.02. The van der Waals surface area contributed by atoms with Crippen molar-refractivity contribution in [1.82, 2.24) is 10.3 Å². The fourth-order valence-corrected chi connectivity index (χ4v) is 3.03. The molecule has 1 amide bonds. The normalized spacial score (nSPS) is 20.1. The highest BCUT2D eigenvalue weighted by Crippen LogP contribution is 2.22. The topological polar surface area (TPSA) is 107 Å². The Bertz CT molecular complexity index is 796. The number of amidine groups is 1. The Morgan fingerprint density at radius 1 is 1.41 bits per heavy atom. The van der Waals surface area contributed by atoms with Gasteiger partial charge in [-0.15, -0.1) is 5.10 Å². The number of aromatic nitrogens is 1. The number of carboxylic acids is 1. The van der Waals surface area contributed by atoms with Crippen molar-refractivity contribution in [1.29, 1.82) is 0 Å². The van der Waals surface area contributed by atoms with Gasteiger partial charge in [-0.1, -0.05) is 23.9 Å². The number of thioether (sulfide) groups is 1. The van der Waals surface area contributed by atoms with Crippen molar-refractivity contribution in [3.05, 3.63) is 36.0 Å². The van der Waals surface area contributed by atoms with Crippen molar-refractivity contribution in [2.75, 3.05) is 0 Å². The standard InChI is InChI=1S/C14H12N4O3S/c19-12(20)6-11-13(21)17-14(22-11)18-16-7-8-2-1-3-10-9(8)4-5-15-10/h1-5,7,11,15H,6H2,(H,19,20)(H,17,18,21). The van der Waals surface area contributed by atoms with Crippen molar-refractivity contribution in [2.45, 2.75) is 11.7 Å². The van der Waals surface area contributed by atoms with E-state index in [2.05, 4.69) is 20.5 Å². The average molecular weight is 316 g/mol. The number of H-pyrrole nitrogens is 1. The van der Waals surface area contributed by atoms with Crippen LogP contribution < -0.4 is 5.32 Å². The van der Waals surface area contributed by atoms with Gasteiger partial charge < -0.3 is 15.4 Å². The molecule has 1 atom stereocenters. The van der Waals surface area contributed by atoms with Crippen LogP contribution in [0.4, 0.5) is 0 Å². The van der Waals surface area contributed by atoms with Crippen LogP contribution in [0, 0.1) is 0 Å². The Labute approximate surface area is 129 Å². The van der Waals surface area contributed by atoms with Crippen LogP contribution in [-0.2, 0) is 9.59 Å². The summed E-state index contributed by atoms with van der Waals surface area (Å²) in [5.41, 5.74) is 1.90. The fourth-order valence-electron chi connectivity index (χ4n) is 2.11. The molecule has 1 aromatic carbocycles. The molecule has 1 aromatic heterocycles. The first-order chi connectivity index (χ1) is 10.6. The molecule has 3 N–H and O–H groups in total. The molecule has 2 heterocycles. The van der Waals surface area contributed by atoms with E-state index in [1.165, 1.54) is 0 Å². The molecule has 0 saturated carbocycles. The molecule has 1 unspecified atom stereocenters. The predicted octanol–water partition coefficient (Wildman–Crippen LogP) is 1.56. The molecule has 8 heteroatoms. The number of rotatable bonds is 4. The van der Waals surface area contributed by atoms with Crippen LogP contribution in [0.15, 0.2) is 40.7 Å². The maximum atomic E-state index is 11.6. The molecule has 0 aliphatic carbocycles. The molecule has 0 spiro atoms. The van der Waals surface area contributed by atoms with Crippen molar-refractivity contribution in [3.63, 3.8) is 0 Å². The van der Waals surface area contributed by atoms with E-state index in [4.69, 9.17) is 5.11 Å². The van der Waals surface area contributed by atoms with E-state index in [0.717, 1.165) is 28.2 Å². The smallest absolute Gasteiger partial charge is 0.305 e. The number of amides is 1. The number of hydrogen-bond acceptors (Lipinski definition) is 5. The second-order valence-corrected chi connectivity index (χ2v) is 5.82. The van der Waals surface area contributed by atoms with Gasteiger partial charge in [0.1, 0.15) is 5.25 Å². The lowest BCUT2D eigenvalue weighted by Gasteiger charge is -1.97. The molecular weight excluding hydrogens is 304 g/mol. The number of nitrogens with one attached hydrogen (secondary N) is 2. The number of nitrogens with zero attached hydrogens (tertiary/aromatic N) is 2. The van der Waals surface area contributed by atoms with E-state index >= 15 is 0 Å². The van der Waals surface area contributed by atoms with Crippen LogP contribution in [0.25, 0.3) is 10.9 Å². The van der Waals surface area contributed by atoms with Crippen LogP contribution >= 0.6 is 11.8 Å². The van der Waals surface area contributed by atoms with Gasteiger partial charge in [-0.25, -0.2) is 0 Å². The van der Waals surface area contributed by atoms with Crippen molar-refractivity contribution >= 4 is 45.9 Å². The van der Waals surface area contributed by atoms with Crippen LogP contribution in [-0.4, -0.2) is 38.6 Å².